The molecule has 2 heterocycles. The van der Waals surface area contributed by atoms with E-state index in [1.165, 1.54) is 0 Å². The molecule has 22 heavy (non-hydrogen) atoms. The molecule has 1 aromatic heterocycles. The van der Waals surface area contributed by atoms with E-state index in [1.54, 1.807) is 18.7 Å². The molecule has 2 rings (SSSR count). The largest absolute Gasteiger partial charge is 0.338 e. The summed E-state index contributed by atoms with van der Waals surface area (Å²) >= 11 is 0. The highest BCUT2D eigenvalue weighted by molar-refractivity contribution is 5.79. The smallest absolute Gasteiger partial charge is 0.333 e. The molecule has 0 bridgehead atoms. The van der Waals surface area contributed by atoms with Gasteiger partial charge in [-0.2, -0.15) is 13.9 Å². The molecule has 7 heteroatoms. The van der Waals surface area contributed by atoms with E-state index in [0.717, 1.165) is 12.8 Å². The molecule has 0 spiro atoms. The number of carbonyl (C=O) groups excluding carboxylic acids is 1. The van der Waals surface area contributed by atoms with Crippen molar-refractivity contribution in [2.45, 2.75) is 52.6 Å². The van der Waals surface area contributed by atoms with Crippen molar-refractivity contribution in [1.29, 1.82) is 0 Å². The molecule has 5 nitrogen and oxygen atoms in total. The quantitative estimate of drug-likeness (QED) is 0.925. The van der Waals surface area contributed by atoms with Crippen LogP contribution in [0.15, 0.2) is 0 Å². The molecule has 2 unspecified atom stereocenters. The molecular weight excluding hydrogens is 290 g/mol. The molecule has 124 valence electrons. The SMILES string of the molecule is Cc1nn(C(F)F)c(C)c1CC(=O)N1CCC(C)CC1CN. The van der Waals surface area contributed by atoms with Crippen molar-refractivity contribution >= 4 is 5.91 Å². The molecule has 1 aromatic rings. The summed E-state index contributed by atoms with van der Waals surface area (Å²) in [5.74, 6) is 0.505. The first kappa shape index (κ1) is 16.9. The van der Waals surface area contributed by atoms with Gasteiger partial charge in [0.2, 0.25) is 5.91 Å². The molecule has 0 aromatic carbocycles. The third-order valence-corrected chi connectivity index (χ3v) is 4.56. The second-order valence-corrected chi connectivity index (χ2v) is 6.15. The van der Waals surface area contributed by atoms with E-state index in [9.17, 15) is 13.6 Å². The maximum Gasteiger partial charge on any atom is 0.333 e. The van der Waals surface area contributed by atoms with E-state index in [0.29, 0.717) is 40.6 Å². The van der Waals surface area contributed by atoms with Crippen molar-refractivity contribution in [1.82, 2.24) is 14.7 Å². The summed E-state index contributed by atoms with van der Waals surface area (Å²) in [7, 11) is 0. The first-order chi connectivity index (χ1) is 10.3. The highest BCUT2D eigenvalue weighted by Crippen LogP contribution is 2.24. The first-order valence-electron chi connectivity index (χ1n) is 7.67. The van der Waals surface area contributed by atoms with Gasteiger partial charge in [0.1, 0.15) is 0 Å². The lowest BCUT2D eigenvalue weighted by atomic mass is 9.92. The summed E-state index contributed by atoms with van der Waals surface area (Å²) in [4.78, 5) is 14.4. The highest BCUT2D eigenvalue weighted by Gasteiger charge is 2.30. The van der Waals surface area contributed by atoms with Gasteiger partial charge in [-0.05, 0) is 32.6 Å². The van der Waals surface area contributed by atoms with Gasteiger partial charge in [-0.15, -0.1) is 0 Å². The Labute approximate surface area is 129 Å². The van der Waals surface area contributed by atoms with Crippen LogP contribution in [0.4, 0.5) is 8.78 Å². The topological polar surface area (TPSA) is 64.2 Å². The van der Waals surface area contributed by atoms with Crippen molar-refractivity contribution in [3.8, 4) is 0 Å². The molecule has 0 radical (unpaired) electrons. The van der Waals surface area contributed by atoms with Crippen molar-refractivity contribution in [2.24, 2.45) is 11.7 Å². The monoisotopic (exact) mass is 314 g/mol. The molecule has 2 N–H and O–H groups in total. The van der Waals surface area contributed by atoms with Crippen LogP contribution in [0.1, 0.15) is 43.3 Å². The Morgan fingerprint density at radius 3 is 2.68 bits per heavy atom. The van der Waals surface area contributed by atoms with Crippen LogP contribution in [0.5, 0.6) is 0 Å². The number of halogens is 2. The summed E-state index contributed by atoms with van der Waals surface area (Å²) in [5, 5.41) is 3.83. The van der Waals surface area contributed by atoms with Gasteiger partial charge < -0.3 is 10.6 Å². The second kappa shape index (κ2) is 6.73. The summed E-state index contributed by atoms with van der Waals surface area (Å²) in [6, 6.07) is 0.0435. The van der Waals surface area contributed by atoms with Gasteiger partial charge in [-0.1, -0.05) is 6.92 Å². The zero-order valence-electron chi connectivity index (χ0n) is 13.4. The van der Waals surface area contributed by atoms with E-state index in [4.69, 9.17) is 5.73 Å². The number of rotatable bonds is 4. The number of carbonyl (C=O) groups is 1. The van der Waals surface area contributed by atoms with Gasteiger partial charge >= 0.3 is 6.55 Å². The predicted molar refractivity (Wildman–Crippen MR) is 79.6 cm³/mol. The molecule has 1 saturated heterocycles. The summed E-state index contributed by atoms with van der Waals surface area (Å²) in [5.41, 5.74) is 7.22. The Bertz CT molecular complexity index is 544. The molecule has 0 aliphatic carbocycles. The van der Waals surface area contributed by atoms with Crippen molar-refractivity contribution in [2.75, 3.05) is 13.1 Å². The fourth-order valence-corrected chi connectivity index (χ4v) is 3.20. The zero-order valence-corrected chi connectivity index (χ0v) is 13.4. The zero-order chi connectivity index (χ0) is 16.4. The number of alkyl halides is 2. The Hall–Kier alpha value is -1.50. The van der Waals surface area contributed by atoms with E-state index in [-0.39, 0.29) is 18.4 Å². The molecule has 1 aliphatic heterocycles. The molecule has 1 aliphatic rings. The number of nitrogens with zero attached hydrogens (tertiary/aromatic N) is 3. The lowest BCUT2D eigenvalue weighted by Crippen LogP contribution is -2.49. The minimum Gasteiger partial charge on any atom is -0.338 e. The highest BCUT2D eigenvalue weighted by atomic mass is 19.3. The third kappa shape index (κ3) is 3.29. The first-order valence-corrected chi connectivity index (χ1v) is 7.67. The Morgan fingerprint density at radius 2 is 2.14 bits per heavy atom. The van der Waals surface area contributed by atoms with Gasteiger partial charge in [-0.25, -0.2) is 4.68 Å². The molecule has 1 amide bonds. The van der Waals surface area contributed by atoms with Gasteiger partial charge in [0.25, 0.3) is 0 Å². The number of nitrogens with two attached hydrogens (primary N) is 1. The summed E-state index contributed by atoms with van der Waals surface area (Å²) < 4.78 is 26.4. The number of piperidine rings is 1. The summed E-state index contributed by atoms with van der Waals surface area (Å²) in [6.45, 7) is 3.83. The Kier molecular flexibility index (Phi) is 5.16. The van der Waals surface area contributed by atoms with Crippen LogP contribution < -0.4 is 5.73 Å². The molecular formula is C15H24F2N4O. The van der Waals surface area contributed by atoms with E-state index in [1.807, 2.05) is 0 Å². The average Bonchev–Trinajstić information content (AvgIpc) is 2.75. The number of aromatic nitrogens is 2. The van der Waals surface area contributed by atoms with Gasteiger partial charge in [-0.3, -0.25) is 4.79 Å². The van der Waals surface area contributed by atoms with E-state index in [2.05, 4.69) is 12.0 Å². The fraction of sp³-hybridized carbons (Fsp3) is 0.733. The number of hydrogen-bond acceptors (Lipinski definition) is 3. The molecule has 1 fully saturated rings. The minimum absolute atomic E-state index is 0.0435. The van der Waals surface area contributed by atoms with Crippen LogP contribution in [0.2, 0.25) is 0 Å². The Morgan fingerprint density at radius 1 is 1.45 bits per heavy atom. The van der Waals surface area contributed by atoms with E-state index < -0.39 is 6.55 Å². The van der Waals surface area contributed by atoms with Crippen LogP contribution in [0.3, 0.4) is 0 Å². The lowest BCUT2D eigenvalue weighted by Gasteiger charge is -2.38. The maximum absolute atomic E-state index is 12.9. The predicted octanol–water partition coefficient (Wildman–Crippen LogP) is 2.02. The minimum atomic E-state index is -2.69. The Balaban J connectivity index is 2.15. The number of likely N-dealkylation sites (tertiary alicyclic amines) is 1. The van der Waals surface area contributed by atoms with Gasteiger partial charge in [0.05, 0.1) is 12.1 Å². The van der Waals surface area contributed by atoms with Crippen LogP contribution in [-0.2, 0) is 11.2 Å². The number of amides is 1. The van der Waals surface area contributed by atoms with Crippen LogP contribution in [-0.4, -0.2) is 39.7 Å². The number of aryl methyl sites for hydroxylation is 1. The van der Waals surface area contributed by atoms with E-state index >= 15 is 0 Å². The molecule has 0 saturated carbocycles. The standard InChI is InChI=1S/C15H24F2N4O/c1-9-4-5-20(12(6-9)8-18)14(22)7-13-10(2)19-21(11(13)3)15(16)17/h9,12,15H,4-8,18H2,1-3H3. The van der Waals surface area contributed by atoms with Gasteiger partial charge in [0, 0.05) is 30.4 Å². The van der Waals surface area contributed by atoms with Crippen LogP contribution >= 0.6 is 0 Å². The fourth-order valence-electron chi connectivity index (χ4n) is 3.20. The van der Waals surface area contributed by atoms with Crippen LogP contribution in [0.25, 0.3) is 0 Å². The normalized spacial score (nSPS) is 22.4. The summed E-state index contributed by atoms with van der Waals surface area (Å²) in [6.07, 6.45) is 1.96. The lowest BCUT2D eigenvalue weighted by molar-refractivity contribution is -0.134. The number of hydrogen-bond donors (Lipinski definition) is 1. The molecule has 2 atom stereocenters. The maximum atomic E-state index is 12.9. The van der Waals surface area contributed by atoms with Crippen LogP contribution in [0, 0.1) is 19.8 Å². The second-order valence-electron chi connectivity index (χ2n) is 6.15. The average molecular weight is 314 g/mol. The third-order valence-electron chi connectivity index (χ3n) is 4.56. The van der Waals surface area contributed by atoms with Gasteiger partial charge in [0.15, 0.2) is 0 Å². The van der Waals surface area contributed by atoms with Crippen molar-refractivity contribution < 1.29 is 13.6 Å². The van der Waals surface area contributed by atoms with Crippen molar-refractivity contribution in [3.05, 3.63) is 17.0 Å². The van der Waals surface area contributed by atoms with Crippen molar-refractivity contribution in [3.63, 3.8) is 0 Å².